The van der Waals surface area contributed by atoms with Crippen molar-refractivity contribution in [3.63, 3.8) is 0 Å². The van der Waals surface area contributed by atoms with Gasteiger partial charge in [-0.05, 0) is 43.7 Å². The van der Waals surface area contributed by atoms with Crippen LogP contribution in [0.25, 0.3) is 6.08 Å². The van der Waals surface area contributed by atoms with Crippen LogP contribution in [-0.2, 0) is 4.79 Å². The number of amides is 3. The minimum Gasteiger partial charge on any atom is -0.493 e. The molecule has 0 bridgehead atoms. The Bertz CT molecular complexity index is 928. The first kappa shape index (κ1) is 21.4. The highest BCUT2D eigenvalue weighted by Crippen LogP contribution is 2.29. The number of benzene rings is 2. The number of imide groups is 1. The van der Waals surface area contributed by atoms with E-state index in [1.807, 2.05) is 37.3 Å². The summed E-state index contributed by atoms with van der Waals surface area (Å²) in [5.41, 5.74) is 1.60. The third-order valence-electron chi connectivity index (χ3n) is 4.85. The number of rotatable bonds is 8. The number of allylic oxidation sites excluding steroid dienone is 1. The van der Waals surface area contributed by atoms with E-state index < -0.39 is 18.2 Å². The Hall–Kier alpha value is -3.32. The second-order valence-electron chi connectivity index (χ2n) is 6.99. The minimum atomic E-state index is -1.04. The lowest BCUT2D eigenvalue weighted by Gasteiger charge is -2.21. The Morgan fingerprint density at radius 1 is 1.13 bits per heavy atom. The molecule has 1 fully saturated rings. The quantitative estimate of drug-likeness (QED) is 0.676. The van der Waals surface area contributed by atoms with Gasteiger partial charge < -0.3 is 14.6 Å². The number of methoxy groups -OCH3 is 1. The normalized spacial score (nSPS) is 17.7. The Kier molecular flexibility index (Phi) is 6.74. The molecule has 2 atom stereocenters. The monoisotopic (exact) mass is 410 g/mol. The van der Waals surface area contributed by atoms with Crippen molar-refractivity contribution in [3.05, 3.63) is 60.2 Å². The summed E-state index contributed by atoms with van der Waals surface area (Å²) in [6, 6.07) is 13.4. The van der Waals surface area contributed by atoms with Crippen molar-refractivity contribution in [3.8, 4) is 11.5 Å². The van der Waals surface area contributed by atoms with Crippen LogP contribution in [0.2, 0.25) is 0 Å². The van der Waals surface area contributed by atoms with E-state index in [2.05, 4.69) is 0 Å². The minimum absolute atomic E-state index is 0.0872. The number of ether oxygens (including phenoxy) is 2. The van der Waals surface area contributed by atoms with Crippen LogP contribution in [-0.4, -0.2) is 54.4 Å². The van der Waals surface area contributed by atoms with Crippen LogP contribution in [0.3, 0.4) is 0 Å². The Labute approximate surface area is 176 Å². The summed E-state index contributed by atoms with van der Waals surface area (Å²) in [4.78, 5) is 27.9. The highest BCUT2D eigenvalue weighted by Gasteiger charge is 2.43. The maximum absolute atomic E-state index is 12.8. The van der Waals surface area contributed by atoms with Crippen LogP contribution in [0.1, 0.15) is 19.4 Å². The van der Waals surface area contributed by atoms with Gasteiger partial charge >= 0.3 is 6.03 Å². The van der Waals surface area contributed by atoms with Crippen molar-refractivity contribution in [2.45, 2.75) is 26.0 Å². The molecule has 2 aromatic carbocycles. The summed E-state index contributed by atoms with van der Waals surface area (Å²) in [6.07, 6.45) is 2.81. The number of aliphatic hydroxyl groups excluding tert-OH is 1. The van der Waals surface area contributed by atoms with Crippen LogP contribution in [0, 0.1) is 0 Å². The molecule has 1 aliphatic rings. The molecular formula is C23H26N2O5. The topological polar surface area (TPSA) is 79.3 Å². The van der Waals surface area contributed by atoms with Gasteiger partial charge in [0.1, 0.15) is 18.8 Å². The lowest BCUT2D eigenvalue weighted by Crippen LogP contribution is -2.40. The third kappa shape index (κ3) is 4.46. The molecule has 1 heterocycles. The largest absolute Gasteiger partial charge is 0.493 e. The molecule has 2 unspecified atom stereocenters. The number of urea groups is 1. The first-order valence-electron chi connectivity index (χ1n) is 9.77. The predicted octanol–water partition coefficient (Wildman–Crippen LogP) is 3.33. The molecule has 0 aromatic heterocycles. The number of β-amino-alcohol motifs (C(OH)–C–C–N with tert-alkyl or cyclic N) is 1. The van der Waals surface area contributed by atoms with Gasteiger partial charge in [-0.25, -0.2) is 4.79 Å². The molecule has 7 nitrogen and oxygen atoms in total. The van der Waals surface area contributed by atoms with E-state index >= 15 is 0 Å². The summed E-state index contributed by atoms with van der Waals surface area (Å²) < 4.78 is 11.0. The smallest absolute Gasteiger partial charge is 0.332 e. The number of anilines is 1. The summed E-state index contributed by atoms with van der Waals surface area (Å²) in [5.74, 6) is 0.661. The molecule has 0 aliphatic carbocycles. The number of hydrogen-bond acceptors (Lipinski definition) is 5. The van der Waals surface area contributed by atoms with Crippen LogP contribution in [0.15, 0.2) is 54.6 Å². The van der Waals surface area contributed by atoms with Crippen molar-refractivity contribution in [1.29, 1.82) is 0 Å². The van der Waals surface area contributed by atoms with E-state index in [0.717, 1.165) is 10.5 Å². The molecule has 0 saturated carbocycles. The Morgan fingerprint density at radius 2 is 1.87 bits per heavy atom. The SMILES string of the molecule is C/C=C/c1ccc(OCC(O)CN2C(=O)C(C)N(c3ccccc3)C2=O)c(OC)c1. The van der Waals surface area contributed by atoms with Crippen molar-refractivity contribution >= 4 is 23.7 Å². The molecular weight excluding hydrogens is 384 g/mol. The van der Waals surface area contributed by atoms with Crippen molar-refractivity contribution in [2.75, 3.05) is 25.2 Å². The zero-order chi connectivity index (χ0) is 21.7. The summed E-state index contributed by atoms with van der Waals surface area (Å²) in [6.45, 7) is 3.36. The van der Waals surface area contributed by atoms with Gasteiger partial charge in [-0.15, -0.1) is 0 Å². The lowest BCUT2D eigenvalue weighted by atomic mass is 10.2. The Balaban J connectivity index is 1.64. The summed E-state index contributed by atoms with van der Waals surface area (Å²) >= 11 is 0. The van der Waals surface area contributed by atoms with E-state index in [-0.39, 0.29) is 19.1 Å². The van der Waals surface area contributed by atoms with Gasteiger partial charge in [0.05, 0.1) is 13.7 Å². The average Bonchev–Trinajstić information content (AvgIpc) is 2.96. The van der Waals surface area contributed by atoms with E-state index in [4.69, 9.17) is 9.47 Å². The van der Waals surface area contributed by atoms with E-state index in [0.29, 0.717) is 17.2 Å². The highest BCUT2D eigenvalue weighted by molar-refractivity contribution is 6.14. The zero-order valence-corrected chi connectivity index (χ0v) is 17.3. The molecule has 3 rings (SSSR count). The van der Waals surface area contributed by atoms with Crippen molar-refractivity contribution in [2.24, 2.45) is 0 Å². The molecule has 2 aromatic rings. The summed E-state index contributed by atoms with van der Waals surface area (Å²) in [7, 11) is 1.54. The molecule has 3 amide bonds. The van der Waals surface area contributed by atoms with Crippen LogP contribution in [0.5, 0.6) is 11.5 Å². The molecule has 1 N–H and O–H groups in total. The second kappa shape index (κ2) is 9.45. The lowest BCUT2D eigenvalue weighted by molar-refractivity contribution is -0.128. The molecule has 7 heteroatoms. The molecule has 30 heavy (non-hydrogen) atoms. The van der Waals surface area contributed by atoms with E-state index in [1.165, 1.54) is 4.90 Å². The number of para-hydroxylation sites is 1. The fourth-order valence-corrected chi connectivity index (χ4v) is 3.37. The number of hydrogen-bond donors (Lipinski definition) is 1. The van der Waals surface area contributed by atoms with Crippen LogP contribution >= 0.6 is 0 Å². The van der Waals surface area contributed by atoms with Gasteiger partial charge in [0.15, 0.2) is 11.5 Å². The van der Waals surface area contributed by atoms with Crippen LogP contribution in [0.4, 0.5) is 10.5 Å². The first-order chi connectivity index (χ1) is 14.5. The van der Waals surface area contributed by atoms with Crippen LogP contribution < -0.4 is 14.4 Å². The first-order valence-corrected chi connectivity index (χ1v) is 9.77. The van der Waals surface area contributed by atoms with Gasteiger partial charge in [0, 0.05) is 5.69 Å². The molecule has 0 spiro atoms. The fourth-order valence-electron chi connectivity index (χ4n) is 3.37. The Morgan fingerprint density at radius 3 is 2.53 bits per heavy atom. The standard InChI is InChI=1S/C23H26N2O5/c1-4-8-17-11-12-20(21(13-17)29-3)30-15-19(26)14-24-22(27)16(2)25(23(24)28)18-9-6-5-7-10-18/h4-13,16,19,26H,14-15H2,1-3H3/b8-4+. The zero-order valence-electron chi connectivity index (χ0n) is 17.3. The highest BCUT2D eigenvalue weighted by atomic mass is 16.5. The van der Waals surface area contributed by atoms with Gasteiger partial charge in [0.2, 0.25) is 0 Å². The van der Waals surface area contributed by atoms with Crippen molar-refractivity contribution < 1.29 is 24.2 Å². The van der Waals surface area contributed by atoms with Gasteiger partial charge in [-0.2, -0.15) is 0 Å². The molecule has 0 radical (unpaired) electrons. The number of carbonyl (C=O) groups is 2. The van der Waals surface area contributed by atoms with Crippen molar-refractivity contribution in [1.82, 2.24) is 4.90 Å². The molecule has 1 aliphatic heterocycles. The van der Waals surface area contributed by atoms with E-state index in [1.54, 1.807) is 44.4 Å². The van der Waals surface area contributed by atoms with Gasteiger partial charge in [-0.3, -0.25) is 14.6 Å². The number of nitrogens with zero attached hydrogens (tertiary/aromatic N) is 2. The van der Waals surface area contributed by atoms with Gasteiger partial charge in [0.25, 0.3) is 5.91 Å². The van der Waals surface area contributed by atoms with E-state index in [9.17, 15) is 14.7 Å². The molecule has 1 saturated heterocycles. The maximum atomic E-state index is 12.8. The summed E-state index contributed by atoms with van der Waals surface area (Å²) in [5, 5.41) is 10.4. The third-order valence-corrected chi connectivity index (χ3v) is 4.85. The second-order valence-corrected chi connectivity index (χ2v) is 6.99. The number of aliphatic hydroxyl groups is 1. The average molecular weight is 410 g/mol. The predicted molar refractivity (Wildman–Crippen MR) is 115 cm³/mol. The molecule has 158 valence electrons. The maximum Gasteiger partial charge on any atom is 0.332 e. The fraction of sp³-hybridized carbons (Fsp3) is 0.304. The van der Waals surface area contributed by atoms with Gasteiger partial charge in [-0.1, -0.05) is 36.4 Å². The number of carbonyl (C=O) groups excluding carboxylic acids is 2.